The molecule has 1 fully saturated rings. The first-order valence-electron chi connectivity index (χ1n) is 6.65. The molecule has 0 aromatic carbocycles. The van der Waals surface area contributed by atoms with Gasteiger partial charge in [0.1, 0.15) is 0 Å². The predicted octanol–water partition coefficient (Wildman–Crippen LogP) is 1.18. The first-order valence-corrected chi connectivity index (χ1v) is 6.65. The van der Waals surface area contributed by atoms with Gasteiger partial charge >= 0.3 is 0 Å². The van der Waals surface area contributed by atoms with E-state index in [0.29, 0.717) is 5.92 Å². The SMILES string of the molecule is CNC(C)(CO)CCCCOCC1CCOC1. The Labute approximate surface area is 105 Å². The smallest absolute Gasteiger partial charge is 0.0610 e. The lowest BCUT2D eigenvalue weighted by Crippen LogP contribution is -2.43. The lowest BCUT2D eigenvalue weighted by molar-refractivity contribution is 0.0847. The van der Waals surface area contributed by atoms with Crippen molar-refractivity contribution in [3.05, 3.63) is 0 Å². The van der Waals surface area contributed by atoms with Crippen LogP contribution in [0, 0.1) is 5.92 Å². The maximum Gasteiger partial charge on any atom is 0.0610 e. The zero-order valence-corrected chi connectivity index (χ0v) is 11.2. The molecule has 0 bridgehead atoms. The lowest BCUT2D eigenvalue weighted by Gasteiger charge is -2.26. The largest absolute Gasteiger partial charge is 0.394 e. The highest BCUT2D eigenvalue weighted by Crippen LogP contribution is 2.14. The molecule has 2 atom stereocenters. The molecule has 0 radical (unpaired) electrons. The standard InChI is InChI=1S/C13H27NO3/c1-13(11-15,14-2)6-3-4-7-16-9-12-5-8-17-10-12/h12,14-15H,3-11H2,1-2H3. The van der Waals surface area contributed by atoms with Crippen molar-refractivity contribution in [2.75, 3.05) is 40.1 Å². The van der Waals surface area contributed by atoms with E-state index in [-0.39, 0.29) is 12.1 Å². The van der Waals surface area contributed by atoms with Gasteiger partial charge in [-0.25, -0.2) is 0 Å². The Morgan fingerprint density at radius 3 is 2.88 bits per heavy atom. The topological polar surface area (TPSA) is 50.7 Å². The van der Waals surface area contributed by atoms with E-state index < -0.39 is 0 Å². The van der Waals surface area contributed by atoms with Crippen LogP contribution in [-0.2, 0) is 9.47 Å². The summed E-state index contributed by atoms with van der Waals surface area (Å²) >= 11 is 0. The number of rotatable bonds is 9. The van der Waals surface area contributed by atoms with Gasteiger partial charge in [-0.15, -0.1) is 0 Å². The Hall–Kier alpha value is -0.160. The molecule has 0 spiro atoms. The Morgan fingerprint density at radius 2 is 2.29 bits per heavy atom. The number of ether oxygens (including phenoxy) is 2. The fourth-order valence-corrected chi connectivity index (χ4v) is 1.97. The maximum absolute atomic E-state index is 9.22. The van der Waals surface area contributed by atoms with E-state index in [4.69, 9.17) is 9.47 Å². The van der Waals surface area contributed by atoms with Crippen molar-refractivity contribution in [1.82, 2.24) is 5.32 Å². The monoisotopic (exact) mass is 245 g/mol. The molecular formula is C13H27NO3. The van der Waals surface area contributed by atoms with Crippen molar-refractivity contribution in [2.45, 2.75) is 38.1 Å². The zero-order valence-electron chi connectivity index (χ0n) is 11.2. The maximum atomic E-state index is 9.22. The van der Waals surface area contributed by atoms with Gasteiger partial charge in [-0.05, 0) is 39.7 Å². The molecule has 1 aliphatic heterocycles. The molecule has 1 heterocycles. The van der Waals surface area contributed by atoms with Crippen molar-refractivity contribution in [3.8, 4) is 0 Å². The van der Waals surface area contributed by atoms with E-state index in [1.165, 1.54) is 0 Å². The van der Waals surface area contributed by atoms with Crippen LogP contribution in [0.5, 0.6) is 0 Å². The summed E-state index contributed by atoms with van der Waals surface area (Å²) in [7, 11) is 1.90. The molecule has 4 heteroatoms. The van der Waals surface area contributed by atoms with Gasteiger partial charge in [0, 0.05) is 24.7 Å². The second kappa shape index (κ2) is 8.03. The van der Waals surface area contributed by atoms with Gasteiger partial charge in [-0.3, -0.25) is 0 Å². The molecule has 0 aromatic heterocycles. The summed E-state index contributed by atoms with van der Waals surface area (Å²) in [5.41, 5.74) is -0.140. The Bertz CT molecular complexity index is 189. The van der Waals surface area contributed by atoms with Crippen molar-refractivity contribution in [3.63, 3.8) is 0 Å². The van der Waals surface area contributed by atoms with Crippen LogP contribution in [0.3, 0.4) is 0 Å². The van der Waals surface area contributed by atoms with Crippen molar-refractivity contribution in [2.24, 2.45) is 5.92 Å². The summed E-state index contributed by atoms with van der Waals surface area (Å²) in [5, 5.41) is 12.4. The van der Waals surface area contributed by atoms with Crippen LogP contribution in [0.1, 0.15) is 32.6 Å². The van der Waals surface area contributed by atoms with Crippen LogP contribution in [-0.4, -0.2) is 50.7 Å². The molecule has 1 saturated heterocycles. The normalized spacial score (nSPS) is 23.8. The molecule has 1 rings (SSSR count). The van der Waals surface area contributed by atoms with E-state index in [9.17, 15) is 5.11 Å². The second-order valence-corrected chi connectivity index (χ2v) is 5.23. The number of hydrogen-bond donors (Lipinski definition) is 2. The molecule has 0 saturated carbocycles. The Balaban J connectivity index is 1.93. The van der Waals surface area contributed by atoms with Gasteiger partial charge in [0.2, 0.25) is 0 Å². The summed E-state index contributed by atoms with van der Waals surface area (Å²) in [5.74, 6) is 0.606. The first-order chi connectivity index (χ1) is 8.20. The third-order valence-corrected chi connectivity index (χ3v) is 3.60. The summed E-state index contributed by atoms with van der Waals surface area (Å²) in [6.45, 7) is 5.64. The van der Waals surface area contributed by atoms with E-state index >= 15 is 0 Å². The minimum absolute atomic E-state index is 0.140. The van der Waals surface area contributed by atoms with Gasteiger partial charge in [0.05, 0.1) is 19.8 Å². The van der Waals surface area contributed by atoms with Gasteiger partial charge in [-0.1, -0.05) is 0 Å². The van der Waals surface area contributed by atoms with Gasteiger partial charge < -0.3 is 19.9 Å². The predicted molar refractivity (Wildman–Crippen MR) is 68.1 cm³/mol. The summed E-state index contributed by atoms with van der Waals surface area (Å²) in [6.07, 6.45) is 4.27. The molecule has 0 amide bonds. The van der Waals surface area contributed by atoms with E-state index in [1.54, 1.807) is 0 Å². The van der Waals surface area contributed by atoms with E-state index in [2.05, 4.69) is 5.32 Å². The van der Waals surface area contributed by atoms with Gasteiger partial charge in [0.15, 0.2) is 0 Å². The average molecular weight is 245 g/mol. The zero-order chi connectivity index (χ0) is 12.6. The van der Waals surface area contributed by atoms with Crippen LogP contribution in [0.4, 0.5) is 0 Å². The highest BCUT2D eigenvalue weighted by atomic mass is 16.5. The number of aliphatic hydroxyl groups is 1. The third-order valence-electron chi connectivity index (χ3n) is 3.60. The third kappa shape index (κ3) is 5.82. The molecule has 102 valence electrons. The first kappa shape index (κ1) is 14.9. The fraction of sp³-hybridized carbons (Fsp3) is 1.00. The van der Waals surface area contributed by atoms with Crippen LogP contribution < -0.4 is 5.32 Å². The van der Waals surface area contributed by atoms with Crippen LogP contribution >= 0.6 is 0 Å². The highest BCUT2D eigenvalue weighted by molar-refractivity contribution is 4.79. The van der Waals surface area contributed by atoms with Gasteiger partial charge in [0.25, 0.3) is 0 Å². The minimum Gasteiger partial charge on any atom is -0.394 e. The molecule has 0 aliphatic carbocycles. The van der Waals surface area contributed by atoms with Crippen LogP contribution in [0.2, 0.25) is 0 Å². The minimum atomic E-state index is -0.140. The summed E-state index contributed by atoms with van der Waals surface area (Å²) in [4.78, 5) is 0. The number of likely N-dealkylation sites (N-methyl/N-ethyl adjacent to an activating group) is 1. The fourth-order valence-electron chi connectivity index (χ4n) is 1.97. The summed E-state index contributed by atoms with van der Waals surface area (Å²) < 4.78 is 10.9. The van der Waals surface area contributed by atoms with Crippen LogP contribution in [0.15, 0.2) is 0 Å². The van der Waals surface area contributed by atoms with E-state index in [1.807, 2.05) is 14.0 Å². The number of unbranched alkanes of at least 4 members (excludes halogenated alkanes) is 1. The average Bonchev–Trinajstić information content (AvgIpc) is 2.86. The Morgan fingerprint density at radius 1 is 1.47 bits per heavy atom. The van der Waals surface area contributed by atoms with Crippen molar-refractivity contribution in [1.29, 1.82) is 0 Å². The molecule has 2 unspecified atom stereocenters. The Kier molecular flexibility index (Phi) is 7.04. The van der Waals surface area contributed by atoms with Crippen molar-refractivity contribution < 1.29 is 14.6 Å². The van der Waals surface area contributed by atoms with Crippen molar-refractivity contribution >= 4 is 0 Å². The highest BCUT2D eigenvalue weighted by Gasteiger charge is 2.19. The van der Waals surface area contributed by atoms with E-state index in [0.717, 1.165) is 52.1 Å². The summed E-state index contributed by atoms with van der Waals surface area (Å²) in [6, 6.07) is 0. The lowest BCUT2D eigenvalue weighted by atomic mass is 9.96. The number of nitrogens with one attached hydrogen (secondary N) is 1. The molecule has 0 aromatic rings. The molecule has 1 aliphatic rings. The van der Waals surface area contributed by atoms with Crippen LogP contribution in [0.25, 0.3) is 0 Å². The molecule has 2 N–H and O–H groups in total. The molecular weight excluding hydrogens is 218 g/mol. The molecule has 4 nitrogen and oxygen atoms in total. The second-order valence-electron chi connectivity index (χ2n) is 5.23. The quantitative estimate of drug-likeness (QED) is 0.599. The number of aliphatic hydroxyl groups excluding tert-OH is 1. The number of hydrogen-bond acceptors (Lipinski definition) is 4. The molecule has 17 heavy (non-hydrogen) atoms. The van der Waals surface area contributed by atoms with Gasteiger partial charge in [-0.2, -0.15) is 0 Å².